The molecule has 6 heteroatoms. The number of carbonyl (C=O) groups excluding carboxylic acids is 1. The van der Waals surface area contributed by atoms with Gasteiger partial charge in [0, 0.05) is 33.3 Å². The van der Waals surface area contributed by atoms with Crippen LogP contribution in [0.15, 0.2) is 0 Å². The van der Waals surface area contributed by atoms with E-state index in [2.05, 4.69) is 29.2 Å². The maximum Gasteiger partial charge on any atom is 0.236 e. The number of nitrogens with one attached hydrogen (secondary N) is 1. The summed E-state index contributed by atoms with van der Waals surface area (Å²) in [5, 5.41) is 3.37. The molecule has 0 spiro atoms. The van der Waals surface area contributed by atoms with E-state index >= 15 is 0 Å². The number of amides is 1. The molecule has 0 bridgehead atoms. The maximum absolute atomic E-state index is 12.5. The number of methoxy groups -OCH3 is 1. The summed E-state index contributed by atoms with van der Waals surface area (Å²) < 4.78 is 5.13. The monoisotopic (exact) mass is 300 g/mol. The third-order valence-electron chi connectivity index (χ3n) is 3.74. The smallest absolute Gasteiger partial charge is 0.236 e. The zero-order valence-corrected chi connectivity index (χ0v) is 13.9. The molecule has 0 aliphatic carbocycles. The van der Waals surface area contributed by atoms with Crippen LogP contribution in [0.4, 0.5) is 0 Å². The van der Waals surface area contributed by atoms with Gasteiger partial charge in [-0.2, -0.15) is 0 Å². The number of hydrogen-bond donors (Lipinski definition) is 1. The van der Waals surface area contributed by atoms with E-state index in [-0.39, 0.29) is 5.91 Å². The molecule has 0 aromatic heterocycles. The third-order valence-corrected chi connectivity index (χ3v) is 3.74. The summed E-state index contributed by atoms with van der Waals surface area (Å²) in [7, 11) is 5.81. The van der Waals surface area contributed by atoms with E-state index in [4.69, 9.17) is 4.74 Å². The van der Waals surface area contributed by atoms with Crippen LogP contribution in [0.1, 0.15) is 12.8 Å². The van der Waals surface area contributed by atoms with Gasteiger partial charge in [0.1, 0.15) is 0 Å². The van der Waals surface area contributed by atoms with Gasteiger partial charge in [0.25, 0.3) is 0 Å². The number of ether oxygens (including phenoxy) is 1. The molecule has 1 rings (SSSR count). The predicted molar refractivity (Wildman–Crippen MR) is 85.6 cm³/mol. The first-order valence-corrected chi connectivity index (χ1v) is 7.98. The Labute approximate surface area is 129 Å². The molecule has 1 saturated heterocycles. The lowest BCUT2D eigenvalue weighted by Crippen LogP contribution is -2.43. The fourth-order valence-electron chi connectivity index (χ4n) is 2.49. The molecule has 124 valence electrons. The van der Waals surface area contributed by atoms with Gasteiger partial charge >= 0.3 is 0 Å². The number of carbonyl (C=O) groups is 1. The molecule has 1 N–H and O–H groups in total. The average Bonchev–Trinajstić information content (AvgIpc) is 2.70. The number of hydrogen-bond acceptors (Lipinski definition) is 5. The Morgan fingerprint density at radius 1 is 1.19 bits per heavy atom. The van der Waals surface area contributed by atoms with Gasteiger partial charge in [-0.15, -0.1) is 0 Å². The summed E-state index contributed by atoms with van der Waals surface area (Å²) in [5.41, 5.74) is 0. The second-order valence-corrected chi connectivity index (χ2v) is 5.91. The quantitative estimate of drug-likeness (QED) is 0.634. The topological polar surface area (TPSA) is 48.1 Å². The van der Waals surface area contributed by atoms with E-state index in [0.717, 1.165) is 52.1 Å². The summed E-state index contributed by atoms with van der Waals surface area (Å²) >= 11 is 0. The molecular weight excluding hydrogens is 268 g/mol. The summed E-state index contributed by atoms with van der Waals surface area (Å²) in [6, 6.07) is 0. The number of nitrogens with zero attached hydrogens (tertiary/aromatic N) is 3. The highest BCUT2D eigenvalue weighted by Gasteiger charge is 2.18. The van der Waals surface area contributed by atoms with Gasteiger partial charge in [0.05, 0.1) is 13.2 Å². The maximum atomic E-state index is 12.5. The first-order chi connectivity index (χ1) is 10.1. The summed E-state index contributed by atoms with van der Waals surface area (Å²) in [5.74, 6) is 0.229. The normalized spacial score (nSPS) is 17.0. The molecule has 0 aromatic carbocycles. The molecule has 0 saturated carbocycles. The Bertz CT molecular complexity index is 279. The fraction of sp³-hybridized carbons (Fsp3) is 0.933. The zero-order chi connectivity index (χ0) is 15.5. The summed E-state index contributed by atoms with van der Waals surface area (Å²) in [4.78, 5) is 18.9. The predicted octanol–water partition coefficient (Wildman–Crippen LogP) is -0.292. The minimum absolute atomic E-state index is 0.229. The van der Waals surface area contributed by atoms with Crippen LogP contribution >= 0.6 is 0 Å². The number of rotatable bonds is 9. The van der Waals surface area contributed by atoms with Crippen LogP contribution in [-0.2, 0) is 9.53 Å². The molecule has 1 fully saturated rings. The van der Waals surface area contributed by atoms with Gasteiger partial charge in [0.2, 0.25) is 5.91 Å². The van der Waals surface area contributed by atoms with E-state index in [1.807, 2.05) is 4.90 Å². The first-order valence-electron chi connectivity index (χ1n) is 7.98. The summed E-state index contributed by atoms with van der Waals surface area (Å²) in [6.45, 7) is 7.65. The van der Waals surface area contributed by atoms with Crippen molar-refractivity contribution in [2.24, 2.45) is 0 Å². The Hall–Kier alpha value is -0.690. The van der Waals surface area contributed by atoms with Gasteiger partial charge in [-0.25, -0.2) is 0 Å². The molecular formula is C15H32N4O2. The van der Waals surface area contributed by atoms with E-state index < -0.39 is 0 Å². The first kappa shape index (κ1) is 18.4. The van der Waals surface area contributed by atoms with Crippen LogP contribution in [0.5, 0.6) is 0 Å². The molecule has 21 heavy (non-hydrogen) atoms. The van der Waals surface area contributed by atoms with Crippen LogP contribution in [0.25, 0.3) is 0 Å². The van der Waals surface area contributed by atoms with Crippen molar-refractivity contribution < 1.29 is 9.53 Å². The van der Waals surface area contributed by atoms with Crippen LogP contribution in [0.3, 0.4) is 0 Å². The van der Waals surface area contributed by atoms with Crippen molar-refractivity contribution in [3.05, 3.63) is 0 Å². The van der Waals surface area contributed by atoms with Crippen molar-refractivity contribution in [1.82, 2.24) is 20.0 Å². The lowest BCUT2D eigenvalue weighted by atomic mass is 10.3. The Morgan fingerprint density at radius 2 is 2.00 bits per heavy atom. The Balaban J connectivity index is 2.40. The Kier molecular flexibility index (Phi) is 9.58. The van der Waals surface area contributed by atoms with Crippen molar-refractivity contribution in [2.75, 3.05) is 80.2 Å². The van der Waals surface area contributed by atoms with E-state index in [9.17, 15) is 4.79 Å². The molecule has 1 heterocycles. The van der Waals surface area contributed by atoms with Gasteiger partial charge in [0.15, 0.2) is 0 Å². The van der Waals surface area contributed by atoms with E-state index in [0.29, 0.717) is 19.7 Å². The fourth-order valence-corrected chi connectivity index (χ4v) is 2.49. The molecule has 1 aliphatic rings. The molecule has 0 unspecified atom stereocenters. The average molecular weight is 300 g/mol. The molecule has 1 aliphatic heterocycles. The Morgan fingerprint density at radius 3 is 2.71 bits per heavy atom. The van der Waals surface area contributed by atoms with Crippen molar-refractivity contribution in [3.8, 4) is 0 Å². The lowest BCUT2D eigenvalue weighted by molar-refractivity contribution is -0.133. The molecule has 6 nitrogen and oxygen atoms in total. The van der Waals surface area contributed by atoms with Crippen LogP contribution in [0, 0.1) is 0 Å². The lowest BCUT2D eigenvalue weighted by Gasteiger charge is -2.27. The second-order valence-electron chi connectivity index (χ2n) is 5.91. The van der Waals surface area contributed by atoms with Crippen LogP contribution in [-0.4, -0.2) is 101 Å². The van der Waals surface area contributed by atoms with Crippen molar-refractivity contribution in [3.63, 3.8) is 0 Å². The standard InChI is InChI=1S/C15H32N4O2/c1-17(2)8-5-10-19(12-13-21-3)15(20)14-18-9-4-6-16-7-11-18/h16H,4-14H2,1-3H3. The highest BCUT2D eigenvalue weighted by Crippen LogP contribution is 2.00. The SMILES string of the molecule is COCCN(CCCN(C)C)C(=O)CN1CCCNCC1. The van der Waals surface area contributed by atoms with Gasteiger partial charge in [-0.05, 0) is 46.6 Å². The van der Waals surface area contributed by atoms with Crippen molar-refractivity contribution in [2.45, 2.75) is 12.8 Å². The summed E-state index contributed by atoms with van der Waals surface area (Å²) in [6.07, 6.45) is 2.12. The molecule has 0 aromatic rings. The molecule has 0 radical (unpaired) electrons. The second kappa shape index (κ2) is 11.0. The van der Waals surface area contributed by atoms with Crippen LogP contribution in [0.2, 0.25) is 0 Å². The van der Waals surface area contributed by atoms with Crippen molar-refractivity contribution >= 4 is 5.91 Å². The van der Waals surface area contributed by atoms with Gasteiger partial charge in [-0.3, -0.25) is 9.69 Å². The van der Waals surface area contributed by atoms with E-state index in [1.165, 1.54) is 0 Å². The minimum atomic E-state index is 0.229. The van der Waals surface area contributed by atoms with Gasteiger partial charge in [-0.1, -0.05) is 0 Å². The molecule has 1 amide bonds. The van der Waals surface area contributed by atoms with Crippen molar-refractivity contribution in [1.29, 1.82) is 0 Å². The molecule has 0 atom stereocenters. The van der Waals surface area contributed by atoms with Crippen LogP contribution < -0.4 is 5.32 Å². The van der Waals surface area contributed by atoms with E-state index in [1.54, 1.807) is 7.11 Å². The highest BCUT2D eigenvalue weighted by atomic mass is 16.5. The highest BCUT2D eigenvalue weighted by molar-refractivity contribution is 5.78. The third kappa shape index (κ3) is 8.36. The van der Waals surface area contributed by atoms with Gasteiger partial charge < -0.3 is 19.9 Å². The zero-order valence-electron chi connectivity index (χ0n) is 13.9. The minimum Gasteiger partial charge on any atom is -0.383 e. The largest absolute Gasteiger partial charge is 0.383 e.